The molecular formula is C7H7BF3NO2. The van der Waals surface area contributed by atoms with Gasteiger partial charge in [0.25, 0.3) is 0 Å². The van der Waals surface area contributed by atoms with Crippen LogP contribution in [-0.4, -0.2) is 17.7 Å². The minimum atomic E-state index is -4.46. The van der Waals surface area contributed by atoms with Crippen LogP contribution in [0.15, 0.2) is 12.3 Å². The number of pyridine rings is 1. The maximum absolute atomic E-state index is 12.2. The molecule has 1 aromatic heterocycles. The molecule has 0 bridgehead atoms. The van der Waals surface area contributed by atoms with Crippen molar-refractivity contribution in [2.45, 2.75) is 13.1 Å². The zero-order valence-electron chi connectivity index (χ0n) is 7.30. The minimum Gasteiger partial charge on any atom is -0.538 e. The van der Waals surface area contributed by atoms with E-state index in [1.165, 1.54) is 13.0 Å². The van der Waals surface area contributed by atoms with Gasteiger partial charge in [-0.15, -0.1) is 0 Å². The highest BCUT2D eigenvalue weighted by Gasteiger charge is 2.34. The third-order valence-electron chi connectivity index (χ3n) is 1.55. The largest absolute Gasteiger partial charge is 0.538 e. The normalized spacial score (nSPS) is 11.2. The topological polar surface area (TPSA) is 42.4 Å². The Morgan fingerprint density at radius 1 is 1.50 bits per heavy atom. The molecule has 0 saturated heterocycles. The van der Waals surface area contributed by atoms with Crippen LogP contribution in [0.2, 0.25) is 0 Å². The molecular weight excluding hydrogens is 198 g/mol. The number of alkyl halides is 3. The van der Waals surface area contributed by atoms with E-state index in [1.54, 1.807) is 0 Å². The molecule has 0 aliphatic carbocycles. The Morgan fingerprint density at radius 3 is 2.57 bits per heavy atom. The fourth-order valence-corrected chi connectivity index (χ4v) is 0.999. The first kappa shape index (κ1) is 10.8. The number of rotatable bonds is 2. The first-order valence-electron chi connectivity index (χ1n) is 3.72. The SMILES string of the molecule is Cc1cc(OBO)cnc1C(F)(F)F. The van der Waals surface area contributed by atoms with Crippen molar-refractivity contribution in [1.82, 2.24) is 4.98 Å². The van der Waals surface area contributed by atoms with Crippen LogP contribution >= 0.6 is 0 Å². The summed E-state index contributed by atoms with van der Waals surface area (Å²) < 4.78 is 41.2. The lowest BCUT2D eigenvalue weighted by Gasteiger charge is -2.10. The molecule has 0 aromatic carbocycles. The van der Waals surface area contributed by atoms with E-state index in [4.69, 9.17) is 5.02 Å². The van der Waals surface area contributed by atoms with Gasteiger partial charge in [-0.25, -0.2) is 4.98 Å². The first-order chi connectivity index (χ1) is 6.45. The van der Waals surface area contributed by atoms with E-state index < -0.39 is 19.6 Å². The Kier molecular flexibility index (Phi) is 3.00. The van der Waals surface area contributed by atoms with Gasteiger partial charge in [-0.2, -0.15) is 13.2 Å². The van der Waals surface area contributed by atoms with Crippen molar-refractivity contribution >= 4 is 7.69 Å². The summed E-state index contributed by atoms with van der Waals surface area (Å²) in [6.45, 7) is 1.28. The molecule has 7 heteroatoms. The van der Waals surface area contributed by atoms with E-state index >= 15 is 0 Å². The van der Waals surface area contributed by atoms with E-state index in [-0.39, 0.29) is 11.3 Å². The van der Waals surface area contributed by atoms with Crippen LogP contribution in [0.1, 0.15) is 11.3 Å². The summed E-state index contributed by atoms with van der Waals surface area (Å²) >= 11 is 0. The lowest BCUT2D eigenvalue weighted by atomic mass is 10.2. The van der Waals surface area contributed by atoms with Crippen LogP contribution in [-0.2, 0) is 6.18 Å². The van der Waals surface area contributed by atoms with Crippen molar-refractivity contribution in [2.75, 3.05) is 0 Å². The molecule has 0 radical (unpaired) electrons. The van der Waals surface area contributed by atoms with Gasteiger partial charge in [-0.3, -0.25) is 0 Å². The summed E-state index contributed by atoms with van der Waals surface area (Å²) in [6, 6.07) is 1.17. The van der Waals surface area contributed by atoms with E-state index in [2.05, 4.69) is 9.64 Å². The van der Waals surface area contributed by atoms with Crippen molar-refractivity contribution in [3.8, 4) is 5.75 Å². The monoisotopic (exact) mass is 205 g/mol. The van der Waals surface area contributed by atoms with E-state index in [0.717, 1.165) is 6.20 Å². The number of halogens is 3. The molecule has 76 valence electrons. The molecule has 0 fully saturated rings. The third kappa shape index (κ3) is 2.38. The van der Waals surface area contributed by atoms with E-state index in [9.17, 15) is 13.2 Å². The van der Waals surface area contributed by atoms with Crippen molar-refractivity contribution in [3.63, 3.8) is 0 Å². The van der Waals surface area contributed by atoms with Gasteiger partial charge >= 0.3 is 13.9 Å². The summed E-state index contributed by atoms with van der Waals surface area (Å²) in [5.74, 6) is 0.109. The van der Waals surface area contributed by atoms with Gasteiger partial charge in [0.05, 0.1) is 6.20 Å². The number of hydrogen-bond acceptors (Lipinski definition) is 3. The first-order valence-corrected chi connectivity index (χ1v) is 3.72. The summed E-state index contributed by atoms with van der Waals surface area (Å²) in [4.78, 5) is 3.21. The Balaban J connectivity index is 3.02. The zero-order chi connectivity index (χ0) is 10.8. The lowest BCUT2D eigenvalue weighted by Crippen LogP contribution is -2.11. The summed E-state index contributed by atoms with van der Waals surface area (Å²) in [7, 11) is -0.591. The van der Waals surface area contributed by atoms with Crippen molar-refractivity contribution in [3.05, 3.63) is 23.5 Å². The van der Waals surface area contributed by atoms with Crippen LogP contribution in [0.4, 0.5) is 13.2 Å². The van der Waals surface area contributed by atoms with Gasteiger partial charge in [-0.05, 0) is 18.6 Å². The number of nitrogens with zero attached hydrogens (tertiary/aromatic N) is 1. The second-order valence-electron chi connectivity index (χ2n) is 2.61. The zero-order valence-corrected chi connectivity index (χ0v) is 7.30. The van der Waals surface area contributed by atoms with Crippen LogP contribution in [0.25, 0.3) is 0 Å². The predicted molar refractivity (Wildman–Crippen MR) is 44.0 cm³/mol. The van der Waals surface area contributed by atoms with Gasteiger partial charge in [0, 0.05) is 0 Å². The Hall–Kier alpha value is -1.24. The average molecular weight is 205 g/mol. The quantitative estimate of drug-likeness (QED) is 0.733. The molecule has 0 amide bonds. The highest BCUT2D eigenvalue weighted by molar-refractivity contribution is 6.17. The molecule has 0 saturated carbocycles. The van der Waals surface area contributed by atoms with Gasteiger partial charge in [0.1, 0.15) is 11.4 Å². The number of aromatic nitrogens is 1. The van der Waals surface area contributed by atoms with Crippen molar-refractivity contribution < 1.29 is 22.8 Å². The number of hydrogen-bond donors (Lipinski definition) is 1. The summed E-state index contributed by atoms with van der Waals surface area (Å²) in [5, 5.41) is 8.37. The highest BCUT2D eigenvalue weighted by Crippen LogP contribution is 2.31. The van der Waals surface area contributed by atoms with Crippen LogP contribution in [0.5, 0.6) is 5.75 Å². The Labute approximate surface area is 78.8 Å². The van der Waals surface area contributed by atoms with E-state index in [0.29, 0.717) is 0 Å². The molecule has 0 aliphatic rings. The lowest BCUT2D eigenvalue weighted by molar-refractivity contribution is -0.141. The highest BCUT2D eigenvalue weighted by atomic mass is 19.4. The molecule has 3 nitrogen and oxygen atoms in total. The van der Waals surface area contributed by atoms with Crippen molar-refractivity contribution in [2.24, 2.45) is 0 Å². The van der Waals surface area contributed by atoms with Gasteiger partial charge in [0.15, 0.2) is 0 Å². The Morgan fingerprint density at radius 2 is 2.14 bits per heavy atom. The smallest absolute Gasteiger partial charge is 0.504 e. The average Bonchev–Trinajstić information content (AvgIpc) is 2.02. The molecule has 0 unspecified atom stereocenters. The molecule has 14 heavy (non-hydrogen) atoms. The molecule has 1 aromatic rings. The molecule has 1 N–H and O–H groups in total. The molecule has 0 atom stereocenters. The second kappa shape index (κ2) is 3.87. The third-order valence-corrected chi connectivity index (χ3v) is 1.55. The standard InChI is InChI=1S/C7H7BF3NO2/c1-4-2-5(14-8-13)3-12-6(4)7(9,10)11/h2-3,8,13H,1H3. The van der Waals surface area contributed by atoms with Gasteiger partial charge in [0.2, 0.25) is 0 Å². The fourth-order valence-electron chi connectivity index (χ4n) is 0.999. The number of aryl methyl sites for hydroxylation is 1. The maximum atomic E-state index is 12.2. The van der Waals surface area contributed by atoms with Gasteiger partial charge in [-0.1, -0.05) is 0 Å². The second-order valence-corrected chi connectivity index (χ2v) is 2.61. The Bertz CT molecular complexity index is 329. The predicted octanol–water partition coefficient (Wildman–Crippen LogP) is 1.05. The molecule has 1 heterocycles. The summed E-state index contributed by atoms with van der Waals surface area (Å²) in [5.41, 5.74) is -0.980. The van der Waals surface area contributed by atoms with Gasteiger partial charge < -0.3 is 9.68 Å². The van der Waals surface area contributed by atoms with Crippen LogP contribution in [0.3, 0.4) is 0 Å². The molecule has 0 spiro atoms. The molecule has 0 aliphatic heterocycles. The maximum Gasteiger partial charge on any atom is 0.504 e. The van der Waals surface area contributed by atoms with Crippen molar-refractivity contribution in [1.29, 1.82) is 0 Å². The summed E-state index contributed by atoms with van der Waals surface area (Å²) in [6.07, 6.45) is -3.53. The molecule has 1 rings (SSSR count). The van der Waals surface area contributed by atoms with Crippen LogP contribution < -0.4 is 4.65 Å². The minimum absolute atomic E-state index is 0.0385. The fraction of sp³-hybridized carbons (Fsp3) is 0.286. The van der Waals surface area contributed by atoms with Crippen LogP contribution in [0, 0.1) is 6.92 Å². The van der Waals surface area contributed by atoms with E-state index in [1.807, 2.05) is 0 Å².